The zero-order valence-electron chi connectivity index (χ0n) is 35.6. The third-order valence-electron chi connectivity index (χ3n) is 15.5. The molecule has 6 aliphatic rings. The van der Waals surface area contributed by atoms with Gasteiger partial charge in [0.2, 0.25) is 11.8 Å². The first-order valence-corrected chi connectivity index (χ1v) is 23.7. The van der Waals surface area contributed by atoms with Crippen LogP contribution in [0.2, 0.25) is 0 Å². The summed E-state index contributed by atoms with van der Waals surface area (Å²) in [4.78, 5) is 51.3. The smallest absolute Gasteiger partial charge is 0.307 e. The summed E-state index contributed by atoms with van der Waals surface area (Å²) < 4.78 is 12.8. The van der Waals surface area contributed by atoms with Crippen LogP contribution < -0.4 is 10.6 Å². The fourth-order valence-corrected chi connectivity index (χ4v) is 12.0. The molecule has 6 saturated carbocycles. The number of nitrogens with one attached hydrogen (secondary N) is 2. The van der Waals surface area contributed by atoms with E-state index in [9.17, 15) is 29.4 Å². The van der Waals surface area contributed by atoms with Crippen LogP contribution in [0, 0.1) is 52.8 Å². The van der Waals surface area contributed by atoms with Crippen LogP contribution in [0.1, 0.15) is 181 Å². The average molecular weight is 799 g/mol. The molecule has 4 N–H and O–H groups in total. The largest absolute Gasteiger partial charge is 0.481 e. The number of rotatable bonds is 16. The number of carbonyl (C=O) groups is 4. The second-order valence-electron chi connectivity index (χ2n) is 20.7. The Labute approximate surface area is 343 Å². The summed E-state index contributed by atoms with van der Waals surface area (Å²) >= 11 is 0. The first-order valence-electron chi connectivity index (χ1n) is 23.7. The van der Waals surface area contributed by atoms with Gasteiger partial charge in [-0.05, 0) is 126 Å². The average Bonchev–Trinajstić information content (AvgIpc) is 3.21. The summed E-state index contributed by atoms with van der Waals surface area (Å²) in [5, 5.41) is 26.6. The van der Waals surface area contributed by atoms with Gasteiger partial charge in [0.05, 0.1) is 49.1 Å². The standard InChI is InChI=1S/C47H78N2O8/c1-47(2,29-56-37-19-15-35(16-20-37)48-43(50)39-23-13-33(27-41(39)45(52)53)25-31-9-5-3-6-10-31)30-57-38-21-17-36(18-22-38)49-44(51)40-24-14-34(28-42(40)46(54)55)26-32-11-7-4-8-12-32/h31-42H,3-30H2,1-2H3,(H,48,50)(H,49,51)(H,52,53)(H,54,55). The zero-order valence-corrected chi connectivity index (χ0v) is 35.6. The molecule has 10 heteroatoms. The maximum Gasteiger partial charge on any atom is 0.307 e. The Morgan fingerprint density at radius 1 is 0.474 bits per heavy atom. The SMILES string of the molecule is CC(C)(COC1CCC(NC(=O)C2CCC(CC3CCCCC3)CC2C(=O)O)CC1)COC1CCC(NC(=O)C2CCC(CC3CCCCC3)CC2C(=O)O)CC1. The molecule has 6 fully saturated rings. The summed E-state index contributed by atoms with van der Waals surface area (Å²) in [6.45, 7) is 5.54. The van der Waals surface area contributed by atoms with E-state index < -0.39 is 35.6 Å². The lowest BCUT2D eigenvalue weighted by Gasteiger charge is -2.37. The molecule has 0 spiro atoms. The highest BCUT2D eigenvalue weighted by atomic mass is 16.5. The molecule has 6 aliphatic carbocycles. The quantitative estimate of drug-likeness (QED) is 0.121. The lowest BCUT2D eigenvalue weighted by Crippen LogP contribution is -2.47. The van der Waals surface area contributed by atoms with Crippen LogP contribution >= 0.6 is 0 Å². The Hall–Kier alpha value is -2.20. The van der Waals surface area contributed by atoms with E-state index in [0.717, 1.165) is 88.9 Å². The highest BCUT2D eigenvalue weighted by Gasteiger charge is 2.42. The number of carboxylic acid groups (broad SMARTS) is 2. The molecule has 6 rings (SSSR count). The van der Waals surface area contributed by atoms with Gasteiger partial charge >= 0.3 is 11.9 Å². The fraction of sp³-hybridized carbons (Fsp3) is 0.915. The molecule has 0 aliphatic heterocycles. The molecule has 2 amide bonds. The minimum Gasteiger partial charge on any atom is -0.481 e. The molecular weight excluding hydrogens is 721 g/mol. The van der Waals surface area contributed by atoms with E-state index >= 15 is 0 Å². The Balaban J connectivity index is 0.836. The van der Waals surface area contributed by atoms with Crippen molar-refractivity contribution in [3.63, 3.8) is 0 Å². The summed E-state index contributed by atoms with van der Waals surface area (Å²) in [5.74, 6) is -1.41. The molecular formula is C47H78N2O8. The van der Waals surface area contributed by atoms with Gasteiger partial charge in [0.1, 0.15) is 0 Å². The molecule has 6 unspecified atom stereocenters. The molecule has 0 aromatic rings. The maximum absolute atomic E-state index is 13.4. The van der Waals surface area contributed by atoms with Gasteiger partial charge in [0.15, 0.2) is 0 Å². The maximum atomic E-state index is 13.4. The monoisotopic (exact) mass is 799 g/mol. The van der Waals surface area contributed by atoms with Crippen molar-refractivity contribution < 1.29 is 38.9 Å². The van der Waals surface area contributed by atoms with Gasteiger partial charge in [-0.2, -0.15) is 0 Å². The van der Waals surface area contributed by atoms with Gasteiger partial charge < -0.3 is 30.3 Å². The highest BCUT2D eigenvalue weighted by molar-refractivity contribution is 5.85. The van der Waals surface area contributed by atoms with Gasteiger partial charge in [-0.25, -0.2) is 0 Å². The molecule has 0 radical (unpaired) electrons. The molecule has 0 heterocycles. The van der Waals surface area contributed by atoms with E-state index in [2.05, 4.69) is 24.5 Å². The zero-order chi connectivity index (χ0) is 40.4. The van der Waals surface area contributed by atoms with Gasteiger partial charge in [-0.3, -0.25) is 19.2 Å². The Morgan fingerprint density at radius 2 is 0.842 bits per heavy atom. The number of hydrogen-bond donors (Lipinski definition) is 4. The van der Waals surface area contributed by atoms with Gasteiger partial charge in [0.25, 0.3) is 0 Å². The number of amides is 2. The van der Waals surface area contributed by atoms with Crippen molar-refractivity contribution in [3.05, 3.63) is 0 Å². The van der Waals surface area contributed by atoms with E-state index in [1.165, 1.54) is 64.2 Å². The van der Waals surface area contributed by atoms with E-state index in [-0.39, 0.29) is 41.5 Å². The second kappa shape index (κ2) is 21.4. The van der Waals surface area contributed by atoms with Crippen LogP contribution in [0.15, 0.2) is 0 Å². The van der Waals surface area contributed by atoms with E-state index in [0.29, 0.717) is 50.7 Å². The Bertz CT molecular complexity index is 1200. The van der Waals surface area contributed by atoms with E-state index in [1.54, 1.807) is 0 Å². The van der Waals surface area contributed by atoms with Gasteiger partial charge in [-0.1, -0.05) is 78.1 Å². The van der Waals surface area contributed by atoms with Crippen LogP contribution in [-0.4, -0.2) is 71.5 Å². The molecule has 0 bridgehead atoms. The van der Waals surface area contributed by atoms with Crippen molar-refractivity contribution in [1.82, 2.24) is 10.6 Å². The van der Waals surface area contributed by atoms with Gasteiger partial charge in [0, 0.05) is 17.5 Å². The summed E-state index contributed by atoms with van der Waals surface area (Å²) in [7, 11) is 0. The van der Waals surface area contributed by atoms with Crippen molar-refractivity contribution in [1.29, 1.82) is 0 Å². The third kappa shape index (κ3) is 13.4. The number of hydrogen-bond acceptors (Lipinski definition) is 6. The van der Waals surface area contributed by atoms with Crippen LogP contribution in [-0.2, 0) is 28.7 Å². The lowest BCUT2D eigenvalue weighted by atomic mass is 9.69. The third-order valence-corrected chi connectivity index (χ3v) is 15.5. The van der Waals surface area contributed by atoms with Crippen molar-refractivity contribution >= 4 is 23.8 Å². The van der Waals surface area contributed by atoms with E-state index in [4.69, 9.17) is 9.47 Å². The van der Waals surface area contributed by atoms with Crippen molar-refractivity contribution in [2.45, 2.75) is 205 Å². The molecule has 10 nitrogen and oxygen atoms in total. The minimum atomic E-state index is -0.812. The number of carboxylic acids is 2. The molecule has 0 saturated heterocycles. The first-order chi connectivity index (χ1) is 27.4. The van der Waals surface area contributed by atoms with Crippen LogP contribution in [0.5, 0.6) is 0 Å². The lowest BCUT2D eigenvalue weighted by molar-refractivity contribution is -0.150. The number of aliphatic carboxylic acids is 2. The van der Waals surface area contributed by atoms with Gasteiger partial charge in [-0.15, -0.1) is 0 Å². The van der Waals surface area contributed by atoms with Crippen molar-refractivity contribution in [2.24, 2.45) is 52.8 Å². The molecule has 57 heavy (non-hydrogen) atoms. The minimum absolute atomic E-state index is 0.0634. The fourth-order valence-electron chi connectivity index (χ4n) is 12.0. The van der Waals surface area contributed by atoms with Crippen molar-refractivity contribution in [3.8, 4) is 0 Å². The normalized spacial score (nSPS) is 34.9. The number of carbonyl (C=O) groups excluding carboxylic acids is 2. The van der Waals surface area contributed by atoms with Crippen LogP contribution in [0.25, 0.3) is 0 Å². The first kappa shape index (κ1) is 44.4. The highest BCUT2D eigenvalue weighted by Crippen LogP contribution is 2.42. The van der Waals surface area contributed by atoms with E-state index in [1.807, 2.05) is 0 Å². The molecule has 0 aromatic heterocycles. The Morgan fingerprint density at radius 3 is 1.19 bits per heavy atom. The summed E-state index contributed by atoms with van der Waals surface area (Å²) in [6, 6.07) is 0.153. The summed E-state index contributed by atoms with van der Waals surface area (Å²) in [6.07, 6.45) is 27.0. The van der Waals surface area contributed by atoms with Crippen LogP contribution in [0.3, 0.4) is 0 Å². The Kier molecular flexibility index (Phi) is 16.6. The molecule has 0 aromatic carbocycles. The topological polar surface area (TPSA) is 151 Å². The molecule has 324 valence electrons. The predicted molar refractivity (Wildman–Crippen MR) is 220 cm³/mol. The summed E-state index contributed by atoms with van der Waals surface area (Å²) in [5.41, 5.74) is -0.153. The van der Waals surface area contributed by atoms with Crippen molar-refractivity contribution in [2.75, 3.05) is 13.2 Å². The second-order valence-corrected chi connectivity index (χ2v) is 20.7. The number of ether oxygens (including phenoxy) is 2. The predicted octanol–water partition coefficient (Wildman–Crippen LogP) is 9.08. The van der Waals surface area contributed by atoms with Crippen LogP contribution in [0.4, 0.5) is 0 Å². The molecule has 6 atom stereocenters.